The van der Waals surface area contributed by atoms with E-state index in [0.29, 0.717) is 0 Å². The van der Waals surface area contributed by atoms with Crippen LogP contribution in [0.5, 0.6) is 0 Å². The van der Waals surface area contributed by atoms with Crippen LogP contribution in [-0.4, -0.2) is 13.5 Å². The van der Waals surface area contributed by atoms with Gasteiger partial charge < -0.3 is 4.74 Å². The highest BCUT2D eigenvalue weighted by molar-refractivity contribution is 7.46. The second kappa shape index (κ2) is 6.60. The van der Waals surface area contributed by atoms with Crippen molar-refractivity contribution in [3.8, 4) is 0 Å². The Morgan fingerprint density at radius 1 is 1.27 bits per heavy atom. The van der Waals surface area contributed by atoms with Gasteiger partial charge in [0.1, 0.15) is 0 Å². The second-order valence-corrected chi connectivity index (χ2v) is 3.20. The number of ether oxygens (including phenoxy) is 1. The van der Waals surface area contributed by atoms with E-state index in [9.17, 15) is 0 Å². The van der Waals surface area contributed by atoms with Crippen LogP contribution < -0.4 is 5.30 Å². The maximum absolute atomic E-state index is 4.96. The van der Waals surface area contributed by atoms with Crippen molar-refractivity contribution in [2.75, 3.05) is 13.5 Å². The summed E-state index contributed by atoms with van der Waals surface area (Å²) in [6.45, 7) is 0. The summed E-state index contributed by atoms with van der Waals surface area (Å²) in [5.41, 5.74) is 0. The fourth-order valence-corrected chi connectivity index (χ4v) is 1.45. The van der Waals surface area contributed by atoms with Gasteiger partial charge in [0.15, 0.2) is 0 Å². The lowest BCUT2D eigenvalue weighted by molar-refractivity contribution is 0.257. The van der Waals surface area contributed by atoms with Crippen molar-refractivity contribution in [3.63, 3.8) is 0 Å². The van der Waals surface area contributed by atoms with Crippen LogP contribution in [0.1, 0.15) is 0 Å². The van der Waals surface area contributed by atoms with Crippen LogP contribution in [-0.2, 0) is 4.74 Å². The van der Waals surface area contributed by atoms with Crippen molar-refractivity contribution in [2.45, 2.75) is 0 Å². The standard InChI is InChI=1S/C8H11OP.ClH/c1-9-7-10-8-5-3-2-4-6-8;/h2-6,10H,7H2,1H3;1H. The van der Waals surface area contributed by atoms with E-state index >= 15 is 0 Å². The molecule has 0 aliphatic rings. The van der Waals surface area contributed by atoms with Crippen molar-refractivity contribution in [1.29, 1.82) is 0 Å². The van der Waals surface area contributed by atoms with E-state index in [1.165, 1.54) is 5.30 Å². The zero-order chi connectivity index (χ0) is 7.23. The van der Waals surface area contributed by atoms with Gasteiger partial charge in [0, 0.05) is 7.11 Å². The molecule has 1 aromatic carbocycles. The number of methoxy groups -OCH3 is 1. The molecule has 0 heterocycles. The van der Waals surface area contributed by atoms with Gasteiger partial charge in [0.2, 0.25) is 0 Å². The molecule has 62 valence electrons. The third-order valence-electron chi connectivity index (χ3n) is 1.19. The highest BCUT2D eigenvalue weighted by Crippen LogP contribution is 2.07. The molecule has 3 heteroatoms. The SMILES string of the molecule is COCPc1ccccc1.Cl. The summed E-state index contributed by atoms with van der Waals surface area (Å²) in [5.74, 6) is 0. The Hall–Kier alpha value is -0.100. The van der Waals surface area contributed by atoms with Crippen LogP contribution in [0.3, 0.4) is 0 Å². The van der Waals surface area contributed by atoms with Crippen molar-refractivity contribution < 1.29 is 4.74 Å². The normalized spacial score (nSPS) is 9.91. The average molecular weight is 191 g/mol. The molecule has 11 heavy (non-hydrogen) atoms. The molecule has 0 fully saturated rings. The summed E-state index contributed by atoms with van der Waals surface area (Å²) < 4.78 is 4.96. The molecule has 0 radical (unpaired) electrons. The van der Waals surface area contributed by atoms with Crippen LogP contribution in [0.15, 0.2) is 30.3 Å². The zero-order valence-corrected chi connectivity index (χ0v) is 8.23. The van der Waals surface area contributed by atoms with Crippen LogP contribution in [0, 0.1) is 0 Å². The Bertz CT molecular complexity index is 179. The number of hydrogen-bond acceptors (Lipinski definition) is 1. The first-order valence-electron chi connectivity index (χ1n) is 3.21. The molecule has 0 aliphatic heterocycles. The first kappa shape index (κ1) is 10.9. The third kappa shape index (κ3) is 4.36. The molecule has 1 unspecified atom stereocenters. The molecule has 1 rings (SSSR count). The van der Waals surface area contributed by atoms with Crippen LogP contribution in [0.25, 0.3) is 0 Å². The molecule has 1 nitrogen and oxygen atoms in total. The van der Waals surface area contributed by atoms with Crippen molar-refractivity contribution >= 4 is 26.3 Å². The molecule has 0 saturated heterocycles. The van der Waals surface area contributed by atoms with Gasteiger partial charge in [-0.15, -0.1) is 12.4 Å². The van der Waals surface area contributed by atoms with Gasteiger partial charge in [-0.1, -0.05) is 38.9 Å². The maximum Gasteiger partial charge on any atom is 0.0668 e. The predicted octanol–water partition coefficient (Wildman–Crippen LogP) is 2.02. The van der Waals surface area contributed by atoms with Gasteiger partial charge in [0.05, 0.1) is 6.35 Å². The molecule has 0 spiro atoms. The van der Waals surface area contributed by atoms with E-state index < -0.39 is 0 Å². The van der Waals surface area contributed by atoms with E-state index in [1.54, 1.807) is 7.11 Å². The minimum absolute atomic E-state index is 0. The number of rotatable bonds is 3. The summed E-state index contributed by atoms with van der Waals surface area (Å²) in [7, 11) is 2.51. The lowest BCUT2D eigenvalue weighted by Crippen LogP contribution is -1.93. The maximum atomic E-state index is 4.96. The largest absolute Gasteiger partial charge is 0.380 e. The molecule has 0 aromatic heterocycles. The highest BCUT2D eigenvalue weighted by Gasteiger charge is 1.87. The predicted molar refractivity (Wildman–Crippen MR) is 53.5 cm³/mol. The summed E-state index contributed by atoms with van der Waals surface area (Å²) in [6.07, 6.45) is 0.837. The van der Waals surface area contributed by atoms with Gasteiger partial charge in [0.25, 0.3) is 0 Å². The molecular weight excluding hydrogens is 179 g/mol. The zero-order valence-electron chi connectivity index (χ0n) is 6.41. The summed E-state index contributed by atoms with van der Waals surface area (Å²) in [6, 6.07) is 10.4. The van der Waals surface area contributed by atoms with E-state index in [-0.39, 0.29) is 12.4 Å². The van der Waals surface area contributed by atoms with Crippen molar-refractivity contribution in [1.82, 2.24) is 0 Å². The number of hydrogen-bond donors (Lipinski definition) is 0. The van der Waals surface area contributed by atoms with E-state index in [0.717, 1.165) is 14.9 Å². The molecular formula is C8H12ClOP. The smallest absolute Gasteiger partial charge is 0.0668 e. The summed E-state index contributed by atoms with van der Waals surface area (Å²) >= 11 is 0. The first-order valence-corrected chi connectivity index (χ1v) is 4.42. The molecule has 0 amide bonds. The van der Waals surface area contributed by atoms with Gasteiger partial charge >= 0.3 is 0 Å². The van der Waals surface area contributed by atoms with Crippen LogP contribution in [0.4, 0.5) is 0 Å². The lowest BCUT2D eigenvalue weighted by atomic mass is 10.4. The lowest BCUT2D eigenvalue weighted by Gasteiger charge is -1.97. The Kier molecular flexibility index (Phi) is 6.54. The molecule has 1 aromatic rings. The Morgan fingerprint density at radius 3 is 2.45 bits per heavy atom. The summed E-state index contributed by atoms with van der Waals surface area (Å²) in [4.78, 5) is 0. The van der Waals surface area contributed by atoms with Crippen LogP contribution >= 0.6 is 21.0 Å². The van der Waals surface area contributed by atoms with E-state index in [4.69, 9.17) is 4.74 Å². The minimum atomic E-state index is 0. The van der Waals surface area contributed by atoms with E-state index in [1.807, 2.05) is 6.07 Å². The van der Waals surface area contributed by atoms with Crippen molar-refractivity contribution in [3.05, 3.63) is 30.3 Å². The van der Waals surface area contributed by atoms with Gasteiger partial charge in [-0.2, -0.15) is 0 Å². The number of halogens is 1. The summed E-state index contributed by atoms with van der Waals surface area (Å²) in [5, 5.41) is 1.37. The number of benzene rings is 1. The monoisotopic (exact) mass is 190 g/mol. The quantitative estimate of drug-likeness (QED) is 0.663. The van der Waals surface area contributed by atoms with E-state index in [2.05, 4.69) is 24.3 Å². The average Bonchev–Trinajstić information content (AvgIpc) is 2.03. The fraction of sp³-hybridized carbons (Fsp3) is 0.250. The molecule has 0 N–H and O–H groups in total. The topological polar surface area (TPSA) is 9.23 Å². The molecule has 0 saturated carbocycles. The minimum Gasteiger partial charge on any atom is -0.380 e. The Labute approximate surface area is 75.3 Å². The third-order valence-corrected chi connectivity index (χ3v) is 2.37. The second-order valence-electron chi connectivity index (χ2n) is 1.98. The molecule has 0 aliphatic carbocycles. The highest BCUT2D eigenvalue weighted by atomic mass is 35.5. The van der Waals surface area contributed by atoms with Gasteiger partial charge in [-0.3, -0.25) is 0 Å². The Balaban J connectivity index is 0.000001000. The van der Waals surface area contributed by atoms with Crippen molar-refractivity contribution in [2.24, 2.45) is 0 Å². The van der Waals surface area contributed by atoms with Gasteiger partial charge in [-0.05, 0) is 5.30 Å². The fourth-order valence-electron chi connectivity index (χ4n) is 0.712. The van der Waals surface area contributed by atoms with Gasteiger partial charge in [-0.25, -0.2) is 0 Å². The molecule has 1 atom stereocenters. The van der Waals surface area contributed by atoms with Crippen LogP contribution in [0.2, 0.25) is 0 Å². The Morgan fingerprint density at radius 2 is 1.91 bits per heavy atom. The first-order chi connectivity index (χ1) is 4.93. The molecule has 0 bridgehead atoms.